The maximum atomic E-state index is 13.0. The lowest BCUT2D eigenvalue weighted by atomic mass is 9.77. The Morgan fingerprint density at radius 1 is 1.09 bits per heavy atom. The molecule has 1 aliphatic carbocycles. The number of benzene rings is 2. The number of primary sulfonamides is 1. The van der Waals surface area contributed by atoms with Gasteiger partial charge in [0.2, 0.25) is 22.7 Å². The van der Waals surface area contributed by atoms with Crippen molar-refractivity contribution < 1.29 is 22.7 Å². The first-order valence-corrected chi connectivity index (χ1v) is 12.8. The lowest BCUT2D eigenvalue weighted by molar-refractivity contribution is -0.118. The van der Waals surface area contributed by atoms with Crippen LogP contribution in [0.15, 0.2) is 47.4 Å². The summed E-state index contributed by atoms with van der Waals surface area (Å²) in [7, 11) is -3.77. The van der Waals surface area contributed by atoms with Crippen molar-refractivity contribution in [3.8, 4) is 11.5 Å². The molecule has 0 bridgehead atoms. The predicted molar refractivity (Wildman–Crippen MR) is 125 cm³/mol. The summed E-state index contributed by atoms with van der Waals surface area (Å²) in [6.07, 6.45) is 3.40. The summed E-state index contributed by atoms with van der Waals surface area (Å²) in [5.41, 5.74) is 1.59. The molecule has 1 heterocycles. The van der Waals surface area contributed by atoms with Crippen LogP contribution < -0.4 is 19.9 Å². The number of sulfonamides is 1. The van der Waals surface area contributed by atoms with E-state index in [-0.39, 0.29) is 30.2 Å². The van der Waals surface area contributed by atoms with Crippen LogP contribution in [-0.2, 0) is 21.4 Å². The van der Waals surface area contributed by atoms with Gasteiger partial charge in [0.1, 0.15) is 0 Å². The molecule has 1 fully saturated rings. The summed E-state index contributed by atoms with van der Waals surface area (Å²) >= 11 is 0. The molecule has 33 heavy (non-hydrogen) atoms. The van der Waals surface area contributed by atoms with Crippen molar-refractivity contribution in [1.29, 1.82) is 0 Å². The molecule has 3 atom stereocenters. The molecule has 0 saturated heterocycles. The van der Waals surface area contributed by atoms with Crippen molar-refractivity contribution in [2.75, 3.05) is 18.7 Å². The second-order valence-electron chi connectivity index (χ2n) is 9.04. The van der Waals surface area contributed by atoms with Gasteiger partial charge in [0.05, 0.1) is 11.4 Å². The number of carbonyl (C=O) groups is 1. The topological polar surface area (TPSA) is 111 Å². The maximum absolute atomic E-state index is 13.0. The highest BCUT2D eigenvalue weighted by Gasteiger charge is 2.32. The molecule has 1 aliphatic heterocycles. The second kappa shape index (κ2) is 9.70. The fourth-order valence-electron chi connectivity index (χ4n) is 4.75. The van der Waals surface area contributed by atoms with Crippen molar-refractivity contribution in [1.82, 2.24) is 4.90 Å². The van der Waals surface area contributed by atoms with Crippen LogP contribution in [0.5, 0.6) is 11.5 Å². The van der Waals surface area contributed by atoms with Crippen LogP contribution in [-0.4, -0.2) is 38.6 Å². The summed E-state index contributed by atoms with van der Waals surface area (Å²) in [6, 6.07) is 12.1. The zero-order chi connectivity index (χ0) is 23.6. The fraction of sp³-hybridized carbons (Fsp3) is 0.458. The summed E-state index contributed by atoms with van der Waals surface area (Å²) < 4.78 is 33.9. The summed E-state index contributed by atoms with van der Waals surface area (Å²) in [5, 5.41) is 8.03. The molecule has 4 rings (SSSR count). The van der Waals surface area contributed by atoms with Crippen molar-refractivity contribution in [2.45, 2.75) is 50.6 Å². The number of rotatable bonds is 7. The summed E-state index contributed by atoms with van der Waals surface area (Å²) in [6.45, 7) is 5.63. The average molecular weight is 474 g/mol. The number of anilines is 1. The molecule has 0 radical (unpaired) electrons. The third kappa shape index (κ3) is 5.66. The van der Waals surface area contributed by atoms with E-state index < -0.39 is 10.0 Å². The number of nitrogens with zero attached hydrogens (tertiary/aromatic N) is 1. The van der Waals surface area contributed by atoms with Gasteiger partial charge in [-0.15, -0.1) is 0 Å². The Bertz CT molecular complexity index is 1100. The molecule has 0 unspecified atom stereocenters. The highest BCUT2D eigenvalue weighted by molar-refractivity contribution is 7.89. The molecule has 3 N–H and O–H groups in total. The number of hydrogen-bond acceptors (Lipinski definition) is 6. The van der Waals surface area contributed by atoms with E-state index in [0.29, 0.717) is 24.1 Å². The number of hydrogen-bond donors (Lipinski definition) is 2. The maximum Gasteiger partial charge on any atom is 0.238 e. The van der Waals surface area contributed by atoms with Gasteiger partial charge >= 0.3 is 0 Å². The molecule has 0 spiro atoms. The largest absolute Gasteiger partial charge is 0.454 e. The van der Waals surface area contributed by atoms with Gasteiger partial charge in [0.25, 0.3) is 0 Å². The Morgan fingerprint density at radius 3 is 2.55 bits per heavy atom. The SMILES string of the molecule is C[C@@H]1[C@H](C)CCC[C@@H]1N(CC(=O)Nc1ccc(S(N)(=O)=O)cc1)Cc1ccc2c(c1)OCO2. The van der Waals surface area contributed by atoms with Gasteiger partial charge < -0.3 is 14.8 Å². The quantitative estimate of drug-likeness (QED) is 0.638. The number of fused-ring (bicyclic) bond motifs is 1. The fourth-order valence-corrected chi connectivity index (χ4v) is 5.26. The van der Waals surface area contributed by atoms with Gasteiger partial charge in [-0.25, -0.2) is 13.6 Å². The summed E-state index contributed by atoms with van der Waals surface area (Å²) in [4.78, 5) is 15.2. The zero-order valence-corrected chi connectivity index (χ0v) is 19.8. The minimum absolute atomic E-state index is 0.00921. The van der Waals surface area contributed by atoms with E-state index in [1.807, 2.05) is 18.2 Å². The highest BCUT2D eigenvalue weighted by Crippen LogP contribution is 2.36. The Kier molecular flexibility index (Phi) is 6.92. The third-order valence-corrected chi connectivity index (χ3v) is 7.70. The number of amides is 1. The molecule has 1 saturated carbocycles. The predicted octanol–water partition coefficient (Wildman–Crippen LogP) is 3.33. The lowest BCUT2D eigenvalue weighted by Crippen LogP contribution is -2.46. The van der Waals surface area contributed by atoms with Crippen molar-refractivity contribution in [2.24, 2.45) is 17.0 Å². The molecule has 1 amide bonds. The van der Waals surface area contributed by atoms with Crippen LogP contribution in [0.2, 0.25) is 0 Å². The Hall–Kier alpha value is -2.62. The van der Waals surface area contributed by atoms with Crippen LogP contribution in [0.3, 0.4) is 0 Å². The van der Waals surface area contributed by atoms with Crippen LogP contribution in [0, 0.1) is 11.8 Å². The normalized spacial score (nSPS) is 22.4. The van der Waals surface area contributed by atoms with Gasteiger partial charge in [-0.3, -0.25) is 9.69 Å². The number of carbonyl (C=O) groups excluding carboxylic acids is 1. The monoisotopic (exact) mass is 473 g/mol. The van der Waals surface area contributed by atoms with E-state index in [0.717, 1.165) is 29.9 Å². The zero-order valence-electron chi connectivity index (χ0n) is 19.0. The number of nitrogens with two attached hydrogens (primary N) is 1. The first-order valence-electron chi connectivity index (χ1n) is 11.3. The van der Waals surface area contributed by atoms with E-state index >= 15 is 0 Å². The van der Waals surface area contributed by atoms with E-state index in [4.69, 9.17) is 14.6 Å². The van der Waals surface area contributed by atoms with E-state index in [1.54, 1.807) is 12.1 Å². The first-order chi connectivity index (χ1) is 15.7. The molecule has 0 aromatic heterocycles. The van der Waals surface area contributed by atoms with Crippen molar-refractivity contribution >= 4 is 21.6 Å². The average Bonchev–Trinajstić information content (AvgIpc) is 3.23. The van der Waals surface area contributed by atoms with E-state index in [9.17, 15) is 13.2 Å². The number of ether oxygens (including phenoxy) is 2. The van der Waals surface area contributed by atoms with E-state index in [2.05, 4.69) is 24.1 Å². The molecule has 8 nitrogen and oxygen atoms in total. The molecular weight excluding hydrogens is 442 g/mol. The van der Waals surface area contributed by atoms with Crippen LogP contribution in [0.4, 0.5) is 5.69 Å². The lowest BCUT2D eigenvalue weighted by Gasteiger charge is -2.41. The van der Waals surface area contributed by atoms with Crippen molar-refractivity contribution in [3.63, 3.8) is 0 Å². The van der Waals surface area contributed by atoms with Gasteiger partial charge in [0, 0.05) is 18.3 Å². The summed E-state index contributed by atoms with van der Waals surface area (Å²) in [5.74, 6) is 2.39. The molecule has 2 aromatic carbocycles. The standard InChI is InChI=1S/C24H31N3O5S/c1-16-4-3-5-21(17(16)2)27(13-18-6-11-22-23(12-18)32-15-31-22)14-24(28)26-19-7-9-20(10-8-19)33(25,29)30/h6-12,16-17,21H,3-5,13-15H2,1-2H3,(H,26,28)(H2,25,29,30)/t16-,17-,21+/m1/s1. The Balaban J connectivity index is 1.49. The molecule has 178 valence electrons. The van der Waals surface area contributed by atoms with Crippen LogP contribution >= 0.6 is 0 Å². The van der Waals surface area contributed by atoms with E-state index in [1.165, 1.54) is 18.6 Å². The van der Waals surface area contributed by atoms with Crippen LogP contribution in [0.1, 0.15) is 38.7 Å². The van der Waals surface area contributed by atoms with Crippen molar-refractivity contribution in [3.05, 3.63) is 48.0 Å². The molecule has 2 aromatic rings. The van der Waals surface area contributed by atoms with Gasteiger partial charge in [-0.1, -0.05) is 32.8 Å². The Morgan fingerprint density at radius 2 is 1.82 bits per heavy atom. The Labute approximate surface area is 195 Å². The first kappa shape index (κ1) is 23.5. The third-order valence-electron chi connectivity index (χ3n) is 6.77. The number of nitrogens with one attached hydrogen (secondary N) is 1. The van der Waals surface area contributed by atoms with Gasteiger partial charge in [-0.05, 0) is 60.2 Å². The second-order valence-corrected chi connectivity index (χ2v) is 10.6. The molecule has 2 aliphatic rings. The minimum atomic E-state index is -3.77. The van der Waals surface area contributed by atoms with Gasteiger partial charge in [0.15, 0.2) is 11.5 Å². The smallest absolute Gasteiger partial charge is 0.238 e. The minimum Gasteiger partial charge on any atom is -0.454 e. The van der Waals surface area contributed by atoms with Gasteiger partial charge in [-0.2, -0.15) is 0 Å². The molecule has 9 heteroatoms. The van der Waals surface area contributed by atoms with Crippen LogP contribution in [0.25, 0.3) is 0 Å². The highest BCUT2D eigenvalue weighted by atomic mass is 32.2. The molecular formula is C24H31N3O5S.